The average molecular weight is 362 g/mol. The number of carbonyl (C=O) groups is 1. The van der Waals surface area contributed by atoms with Crippen LogP contribution in [0.25, 0.3) is 0 Å². The number of hydrogen-bond acceptors (Lipinski definition) is 2. The van der Waals surface area contributed by atoms with Crippen molar-refractivity contribution in [1.29, 1.82) is 0 Å². The Kier molecular flexibility index (Phi) is 4.50. The van der Waals surface area contributed by atoms with Crippen LogP contribution in [0.3, 0.4) is 0 Å². The van der Waals surface area contributed by atoms with E-state index in [1.807, 2.05) is 0 Å². The molecule has 4 nitrogen and oxygen atoms in total. The molecule has 3 atom stereocenters. The molecule has 2 aromatic rings. The van der Waals surface area contributed by atoms with E-state index in [4.69, 9.17) is 11.6 Å². The van der Waals surface area contributed by atoms with E-state index in [2.05, 4.69) is 10.4 Å². The predicted molar refractivity (Wildman–Crippen MR) is 94.9 cm³/mol. The molecule has 0 saturated heterocycles. The third-order valence-corrected chi connectivity index (χ3v) is 5.94. The van der Waals surface area contributed by atoms with Crippen molar-refractivity contribution in [3.8, 4) is 0 Å². The van der Waals surface area contributed by atoms with E-state index in [9.17, 15) is 9.18 Å². The molecule has 2 saturated carbocycles. The van der Waals surface area contributed by atoms with Gasteiger partial charge in [0.05, 0.1) is 6.54 Å². The number of fused-ring (bicyclic) bond motifs is 2. The molecule has 1 aromatic heterocycles. The van der Waals surface area contributed by atoms with Gasteiger partial charge in [0.25, 0.3) is 0 Å². The number of nitrogens with zero attached hydrogens (tertiary/aromatic N) is 2. The summed E-state index contributed by atoms with van der Waals surface area (Å²) < 4.78 is 14.8. The summed E-state index contributed by atoms with van der Waals surface area (Å²) in [4.78, 5) is 12.3. The molecule has 2 bridgehead atoms. The van der Waals surface area contributed by atoms with Crippen LogP contribution in [0.2, 0.25) is 5.02 Å². The molecule has 1 N–H and O–H groups in total. The Balaban J connectivity index is 1.34. The summed E-state index contributed by atoms with van der Waals surface area (Å²) >= 11 is 6.05. The minimum Gasteiger partial charge on any atom is -0.309 e. The Labute approximate surface area is 151 Å². The lowest BCUT2D eigenvalue weighted by atomic mass is 9.86. The highest BCUT2D eigenvalue weighted by Crippen LogP contribution is 2.49. The van der Waals surface area contributed by atoms with Crippen LogP contribution in [0.1, 0.15) is 37.7 Å². The first-order valence-electron chi connectivity index (χ1n) is 8.84. The Morgan fingerprint density at radius 1 is 1.32 bits per heavy atom. The molecule has 25 heavy (non-hydrogen) atoms. The summed E-state index contributed by atoms with van der Waals surface area (Å²) in [5.41, 5.74) is 0.783. The van der Waals surface area contributed by atoms with Gasteiger partial charge in [-0.2, -0.15) is 5.10 Å². The molecule has 132 valence electrons. The van der Waals surface area contributed by atoms with E-state index in [0.717, 1.165) is 17.4 Å². The molecule has 1 heterocycles. The van der Waals surface area contributed by atoms with E-state index in [-0.39, 0.29) is 11.7 Å². The fourth-order valence-corrected chi connectivity index (χ4v) is 4.63. The maximum Gasteiger partial charge on any atom is 0.225 e. The van der Waals surface area contributed by atoms with Crippen LogP contribution >= 0.6 is 11.6 Å². The van der Waals surface area contributed by atoms with Crippen molar-refractivity contribution >= 4 is 23.3 Å². The van der Waals surface area contributed by atoms with Crippen molar-refractivity contribution in [3.63, 3.8) is 0 Å². The maximum atomic E-state index is 13.1. The summed E-state index contributed by atoms with van der Waals surface area (Å²) in [5, 5.41) is 7.63. The fraction of sp³-hybridized carbons (Fsp3) is 0.474. The van der Waals surface area contributed by atoms with Gasteiger partial charge in [-0.25, -0.2) is 4.39 Å². The number of aromatic nitrogens is 2. The lowest BCUT2D eigenvalue weighted by molar-refractivity contribution is -0.117. The minimum atomic E-state index is -0.359. The highest BCUT2D eigenvalue weighted by molar-refractivity contribution is 6.31. The average Bonchev–Trinajstić information content (AvgIpc) is 3.27. The lowest BCUT2D eigenvalue weighted by Gasteiger charge is -2.20. The summed E-state index contributed by atoms with van der Waals surface area (Å²) in [6.07, 6.45) is 7.53. The molecule has 1 amide bonds. The smallest absolute Gasteiger partial charge is 0.225 e. The van der Waals surface area contributed by atoms with Crippen LogP contribution in [0.4, 0.5) is 10.2 Å². The summed E-state index contributed by atoms with van der Waals surface area (Å²) in [5.74, 6) is 2.37. The van der Waals surface area contributed by atoms with E-state index < -0.39 is 0 Å². The van der Waals surface area contributed by atoms with Crippen LogP contribution in [-0.2, 0) is 11.3 Å². The zero-order valence-corrected chi connectivity index (χ0v) is 14.7. The van der Waals surface area contributed by atoms with Crippen molar-refractivity contribution in [2.75, 3.05) is 5.32 Å². The van der Waals surface area contributed by atoms with Crippen LogP contribution in [-0.4, -0.2) is 15.7 Å². The first-order valence-corrected chi connectivity index (χ1v) is 9.22. The molecule has 2 aliphatic carbocycles. The molecule has 6 heteroatoms. The Morgan fingerprint density at radius 2 is 2.20 bits per heavy atom. The molecular weight excluding hydrogens is 341 g/mol. The van der Waals surface area contributed by atoms with Crippen LogP contribution in [0.15, 0.2) is 30.5 Å². The number of amides is 1. The van der Waals surface area contributed by atoms with Gasteiger partial charge in [-0.05, 0) is 54.7 Å². The first kappa shape index (κ1) is 16.6. The number of rotatable bonds is 5. The fourth-order valence-electron chi connectivity index (χ4n) is 4.40. The molecule has 1 aromatic carbocycles. The quantitative estimate of drug-likeness (QED) is 0.852. The second kappa shape index (κ2) is 6.79. The Bertz CT molecular complexity index is 791. The third kappa shape index (κ3) is 3.71. The second-order valence-electron chi connectivity index (χ2n) is 7.32. The first-order chi connectivity index (χ1) is 12.1. The van der Waals surface area contributed by atoms with Crippen molar-refractivity contribution < 1.29 is 9.18 Å². The lowest BCUT2D eigenvalue weighted by Crippen LogP contribution is -2.20. The van der Waals surface area contributed by atoms with Crippen molar-refractivity contribution in [2.24, 2.45) is 17.8 Å². The van der Waals surface area contributed by atoms with Crippen molar-refractivity contribution in [2.45, 2.75) is 38.6 Å². The highest BCUT2D eigenvalue weighted by atomic mass is 35.5. The van der Waals surface area contributed by atoms with Gasteiger partial charge in [0, 0.05) is 23.7 Å². The second-order valence-corrected chi connectivity index (χ2v) is 7.73. The zero-order chi connectivity index (χ0) is 17.4. The summed E-state index contributed by atoms with van der Waals surface area (Å²) in [6, 6.07) is 6.09. The number of hydrogen-bond donors (Lipinski definition) is 1. The standard InChI is InChI=1S/C19H21ClFN3O/c20-17-10-16(21)4-3-14(17)11-24-6-5-18(23-24)22-19(25)9-15-8-12-1-2-13(15)7-12/h3-6,10,12-13,15H,1-2,7-9,11H2,(H,22,23,25). The van der Waals surface area contributed by atoms with Gasteiger partial charge in [0.15, 0.2) is 5.82 Å². The molecule has 2 fully saturated rings. The number of nitrogens with one attached hydrogen (secondary N) is 1. The Hall–Kier alpha value is -1.88. The SMILES string of the molecule is O=C(CC1CC2CCC1C2)Nc1ccn(Cc2ccc(F)cc2Cl)n1. The Morgan fingerprint density at radius 3 is 2.92 bits per heavy atom. The van der Waals surface area contributed by atoms with Gasteiger partial charge in [-0.15, -0.1) is 0 Å². The molecule has 0 aliphatic heterocycles. The summed E-state index contributed by atoms with van der Waals surface area (Å²) in [7, 11) is 0. The molecule has 3 unspecified atom stereocenters. The van der Waals surface area contributed by atoms with Crippen LogP contribution in [0.5, 0.6) is 0 Å². The van der Waals surface area contributed by atoms with E-state index in [0.29, 0.717) is 29.7 Å². The monoisotopic (exact) mass is 361 g/mol. The van der Waals surface area contributed by atoms with E-state index in [1.165, 1.54) is 37.8 Å². The van der Waals surface area contributed by atoms with E-state index >= 15 is 0 Å². The normalized spacial score (nSPS) is 24.6. The zero-order valence-electron chi connectivity index (χ0n) is 13.9. The molecule has 0 spiro atoms. The van der Waals surface area contributed by atoms with Crippen LogP contribution in [0, 0.1) is 23.6 Å². The number of carbonyl (C=O) groups excluding carboxylic acids is 1. The van der Waals surface area contributed by atoms with Gasteiger partial charge in [-0.3, -0.25) is 9.48 Å². The van der Waals surface area contributed by atoms with Crippen molar-refractivity contribution in [1.82, 2.24) is 9.78 Å². The van der Waals surface area contributed by atoms with Gasteiger partial charge in [-0.1, -0.05) is 24.1 Å². The molecule has 2 aliphatic rings. The van der Waals surface area contributed by atoms with Gasteiger partial charge in [0.2, 0.25) is 5.91 Å². The third-order valence-electron chi connectivity index (χ3n) is 5.59. The van der Waals surface area contributed by atoms with Crippen LogP contribution < -0.4 is 5.32 Å². The maximum absolute atomic E-state index is 13.1. The largest absolute Gasteiger partial charge is 0.309 e. The topological polar surface area (TPSA) is 46.9 Å². The van der Waals surface area contributed by atoms with Gasteiger partial charge >= 0.3 is 0 Å². The number of benzene rings is 1. The number of halogens is 2. The van der Waals surface area contributed by atoms with E-state index in [1.54, 1.807) is 23.0 Å². The van der Waals surface area contributed by atoms with Crippen molar-refractivity contribution in [3.05, 3.63) is 46.9 Å². The molecule has 0 radical (unpaired) electrons. The van der Waals surface area contributed by atoms with Gasteiger partial charge < -0.3 is 5.32 Å². The van der Waals surface area contributed by atoms with Gasteiger partial charge in [0.1, 0.15) is 5.82 Å². The highest BCUT2D eigenvalue weighted by Gasteiger charge is 2.40. The molecular formula is C19H21ClFN3O. The minimum absolute atomic E-state index is 0.0441. The predicted octanol–water partition coefficient (Wildman–Crippen LogP) is 4.49. The summed E-state index contributed by atoms with van der Waals surface area (Å²) in [6.45, 7) is 0.432. The molecule has 4 rings (SSSR count). The number of anilines is 1.